The highest BCUT2D eigenvalue weighted by molar-refractivity contribution is 9.10. The molecule has 0 unspecified atom stereocenters. The normalized spacial score (nSPS) is 10.5. The molecule has 0 aliphatic carbocycles. The van der Waals surface area contributed by atoms with Gasteiger partial charge < -0.3 is 5.11 Å². The number of hydrogen-bond donors (Lipinski definition) is 1. The highest BCUT2D eigenvalue weighted by Gasteiger charge is 2.09. The zero-order valence-electron chi connectivity index (χ0n) is 6.32. The average molecular weight is 258 g/mol. The van der Waals surface area contributed by atoms with Gasteiger partial charge in [0.25, 0.3) is 0 Å². The van der Waals surface area contributed by atoms with Crippen molar-refractivity contribution < 1.29 is 9.90 Å². The van der Waals surface area contributed by atoms with Crippen molar-refractivity contribution in [3.63, 3.8) is 0 Å². The molecule has 0 aliphatic rings. The monoisotopic (exact) mass is 257 g/mol. The number of carboxylic acid groups (broad SMARTS) is 1. The van der Waals surface area contributed by atoms with E-state index in [1.807, 2.05) is 0 Å². The maximum Gasteiger partial charge on any atom is 0.345 e. The molecule has 0 radical (unpaired) electrons. The van der Waals surface area contributed by atoms with Gasteiger partial charge >= 0.3 is 5.97 Å². The lowest BCUT2D eigenvalue weighted by Crippen LogP contribution is -1.89. The number of hydrogen-bond acceptors (Lipinski definition) is 3. The summed E-state index contributed by atoms with van der Waals surface area (Å²) >= 11 is 4.49. The molecule has 3 nitrogen and oxygen atoms in total. The van der Waals surface area contributed by atoms with Gasteiger partial charge in [0.1, 0.15) is 9.48 Å². The van der Waals surface area contributed by atoms with Crippen LogP contribution < -0.4 is 0 Å². The van der Waals surface area contributed by atoms with Crippen molar-refractivity contribution in [3.05, 3.63) is 27.8 Å². The number of aromatic nitrogens is 1. The summed E-state index contributed by atoms with van der Waals surface area (Å²) in [5.74, 6) is -0.895. The summed E-state index contributed by atoms with van der Waals surface area (Å²) in [6, 6.07) is 3.44. The molecule has 0 aliphatic heterocycles. The molecular weight excluding hydrogens is 254 g/mol. The predicted octanol–water partition coefficient (Wildman–Crippen LogP) is 2.76. The fraction of sp³-hybridized carbons (Fsp3) is 0. The summed E-state index contributed by atoms with van der Waals surface area (Å²) in [6.45, 7) is 0. The van der Waals surface area contributed by atoms with Gasteiger partial charge in [0.2, 0.25) is 0 Å². The van der Waals surface area contributed by atoms with Gasteiger partial charge in [-0.2, -0.15) is 0 Å². The van der Waals surface area contributed by atoms with E-state index in [9.17, 15) is 4.79 Å². The fourth-order valence-electron chi connectivity index (χ4n) is 1.04. The van der Waals surface area contributed by atoms with Gasteiger partial charge in [-0.25, -0.2) is 9.78 Å². The first-order chi connectivity index (χ1) is 6.18. The molecule has 0 saturated carbocycles. The van der Waals surface area contributed by atoms with E-state index in [1.165, 1.54) is 11.3 Å². The van der Waals surface area contributed by atoms with E-state index in [4.69, 9.17) is 5.11 Å². The van der Waals surface area contributed by atoms with Crippen molar-refractivity contribution in [1.82, 2.24) is 4.98 Å². The largest absolute Gasteiger partial charge is 0.477 e. The zero-order valence-corrected chi connectivity index (χ0v) is 8.72. The Bertz CT molecular complexity index is 480. The van der Waals surface area contributed by atoms with Gasteiger partial charge in [-0.15, -0.1) is 11.3 Å². The molecule has 2 aromatic heterocycles. The first-order valence-electron chi connectivity index (χ1n) is 3.46. The lowest BCUT2D eigenvalue weighted by atomic mass is 10.3. The Labute approximate surface area is 86.2 Å². The number of carbonyl (C=O) groups is 1. The topological polar surface area (TPSA) is 50.2 Å². The van der Waals surface area contributed by atoms with Gasteiger partial charge in [-0.3, -0.25) is 0 Å². The van der Waals surface area contributed by atoms with E-state index in [1.54, 1.807) is 18.3 Å². The molecule has 0 saturated heterocycles. The van der Waals surface area contributed by atoms with E-state index >= 15 is 0 Å². The van der Waals surface area contributed by atoms with Crippen LogP contribution in [0, 0.1) is 0 Å². The van der Waals surface area contributed by atoms with Crippen LogP contribution in [0.1, 0.15) is 9.67 Å². The molecule has 0 amide bonds. The molecule has 0 atom stereocenters. The molecule has 2 aromatic rings. The second-order valence-electron chi connectivity index (χ2n) is 2.44. The first-order valence-corrected chi connectivity index (χ1v) is 5.07. The number of aromatic carboxylic acids is 1. The van der Waals surface area contributed by atoms with Gasteiger partial charge in [0, 0.05) is 6.20 Å². The van der Waals surface area contributed by atoms with Crippen molar-refractivity contribution in [2.24, 2.45) is 0 Å². The summed E-state index contributed by atoms with van der Waals surface area (Å²) in [7, 11) is 0. The van der Waals surface area contributed by atoms with Gasteiger partial charge in [-0.05, 0) is 33.4 Å². The third kappa shape index (κ3) is 1.45. The number of thiophene rings is 1. The van der Waals surface area contributed by atoms with Crippen LogP contribution in [-0.2, 0) is 0 Å². The van der Waals surface area contributed by atoms with Crippen LogP contribution in [0.15, 0.2) is 22.9 Å². The van der Waals surface area contributed by atoms with Crippen LogP contribution in [0.4, 0.5) is 0 Å². The Kier molecular flexibility index (Phi) is 2.05. The summed E-state index contributed by atoms with van der Waals surface area (Å²) in [4.78, 5) is 15.0. The number of carboxylic acids is 1. The minimum absolute atomic E-state index is 0.337. The van der Waals surface area contributed by atoms with Crippen molar-refractivity contribution in [1.29, 1.82) is 0 Å². The molecule has 0 bridgehead atoms. The molecule has 13 heavy (non-hydrogen) atoms. The van der Waals surface area contributed by atoms with Crippen molar-refractivity contribution in [2.45, 2.75) is 0 Å². The van der Waals surface area contributed by atoms with Crippen LogP contribution in [0.3, 0.4) is 0 Å². The Morgan fingerprint density at radius 3 is 3.00 bits per heavy atom. The molecule has 1 N–H and O–H groups in total. The minimum atomic E-state index is -0.895. The molecule has 0 spiro atoms. The molecular formula is C8H4BrNO2S. The van der Waals surface area contributed by atoms with Crippen LogP contribution in [-0.4, -0.2) is 16.1 Å². The van der Waals surface area contributed by atoms with Gasteiger partial charge in [0.05, 0.1) is 4.70 Å². The molecule has 0 aromatic carbocycles. The smallest absolute Gasteiger partial charge is 0.345 e. The minimum Gasteiger partial charge on any atom is -0.477 e. The fourth-order valence-corrected chi connectivity index (χ4v) is 2.50. The first kappa shape index (κ1) is 8.65. The second kappa shape index (κ2) is 3.08. The van der Waals surface area contributed by atoms with Crippen LogP contribution in [0.5, 0.6) is 0 Å². The lowest BCUT2D eigenvalue weighted by molar-refractivity contribution is 0.0702. The number of fused-ring (bicyclic) bond motifs is 1. The van der Waals surface area contributed by atoms with Crippen molar-refractivity contribution in [2.75, 3.05) is 0 Å². The summed E-state index contributed by atoms with van der Waals surface area (Å²) < 4.78 is 1.57. The van der Waals surface area contributed by atoms with Crippen molar-refractivity contribution >= 4 is 43.3 Å². The molecule has 5 heteroatoms. The van der Waals surface area contributed by atoms with E-state index < -0.39 is 5.97 Å². The number of rotatable bonds is 1. The molecule has 2 rings (SSSR count). The standard InChI is InChI=1S/C8H4BrNO2S/c9-7-6-4(1-2-10-7)3-5(13-6)8(11)12/h1-3H,(H,11,12). The lowest BCUT2D eigenvalue weighted by Gasteiger charge is -1.88. The quantitative estimate of drug-likeness (QED) is 0.800. The number of halogens is 1. The second-order valence-corrected chi connectivity index (χ2v) is 4.24. The SMILES string of the molecule is O=C(O)c1cc2ccnc(Br)c2s1. The third-order valence-corrected chi connectivity index (χ3v) is 3.61. The number of pyridine rings is 1. The summed E-state index contributed by atoms with van der Waals surface area (Å²) in [5, 5.41) is 9.66. The van der Waals surface area contributed by atoms with Gasteiger partial charge in [-0.1, -0.05) is 0 Å². The van der Waals surface area contributed by atoms with Crippen LogP contribution in [0.2, 0.25) is 0 Å². The summed E-state index contributed by atoms with van der Waals surface area (Å²) in [6.07, 6.45) is 1.64. The third-order valence-electron chi connectivity index (χ3n) is 1.60. The van der Waals surface area contributed by atoms with E-state index in [-0.39, 0.29) is 0 Å². The van der Waals surface area contributed by atoms with Gasteiger partial charge in [0.15, 0.2) is 0 Å². The van der Waals surface area contributed by atoms with E-state index in [2.05, 4.69) is 20.9 Å². The Balaban J connectivity index is 2.75. The average Bonchev–Trinajstić information content (AvgIpc) is 2.49. The predicted molar refractivity (Wildman–Crippen MR) is 54.3 cm³/mol. The number of nitrogens with zero attached hydrogens (tertiary/aromatic N) is 1. The zero-order chi connectivity index (χ0) is 9.42. The van der Waals surface area contributed by atoms with Crippen LogP contribution in [0.25, 0.3) is 10.1 Å². The van der Waals surface area contributed by atoms with E-state index in [0.29, 0.717) is 9.48 Å². The van der Waals surface area contributed by atoms with Crippen molar-refractivity contribution in [3.8, 4) is 0 Å². The Morgan fingerprint density at radius 2 is 2.38 bits per heavy atom. The summed E-state index contributed by atoms with van der Waals surface area (Å²) in [5.41, 5.74) is 0. The highest BCUT2D eigenvalue weighted by Crippen LogP contribution is 2.30. The van der Waals surface area contributed by atoms with Crippen LogP contribution >= 0.6 is 27.3 Å². The molecule has 66 valence electrons. The highest BCUT2D eigenvalue weighted by atomic mass is 79.9. The maximum atomic E-state index is 10.7. The molecule has 0 fully saturated rings. The Morgan fingerprint density at radius 1 is 1.62 bits per heavy atom. The molecule has 2 heterocycles. The maximum absolute atomic E-state index is 10.7. The Hall–Kier alpha value is -0.940. The van der Waals surface area contributed by atoms with E-state index in [0.717, 1.165) is 10.1 Å².